The monoisotopic (exact) mass is 337 g/mol. The van der Waals surface area contributed by atoms with Crippen LogP contribution in [0.2, 0.25) is 0 Å². The van der Waals surface area contributed by atoms with Gasteiger partial charge in [0.2, 0.25) is 5.71 Å². The molecule has 126 valence electrons. The minimum Gasteiger partial charge on any atom is -0.497 e. The smallest absolute Gasteiger partial charge is 0.440 e. The number of hydrogen-bond donors (Lipinski definition) is 0. The van der Waals surface area contributed by atoms with Crippen molar-refractivity contribution in [2.45, 2.75) is 12.8 Å². The van der Waals surface area contributed by atoms with Crippen molar-refractivity contribution in [2.75, 3.05) is 7.11 Å². The highest BCUT2D eigenvalue weighted by molar-refractivity contribution is 6.39. The summed E-state index contributed by atoms with van der Waals surface area (Å²) >= 11 is 0. The fourth-order valence-corrected chi connectivity index (χ4v) is 1.80. The molecule has 0 bridgehead atoms. The Labute approximate surface area is 136 Å². The van der Waals surface area contributed by atoms with Gasteiger partial charge in [-0.25, -0.2) is 9.79 Å². The molecule has 0 atom stereocenters. The van der Waals surface area contributed by atoms with Gasteiger partial charge in [-0.3, -0.25) is 0 Å². The first-order valence-corrected chi connectivity index (χ1v) is 6.91. The van der Waals surface area contributed by atoms with Crippen molar-refractivity contribution < 1.29 is 27.4 Å². The fraction of sp³-hybridized carbons (Fsp3) is 0.176. The molecule has 0 radical (unpaired) electrons. The number of rotatable bonds is 5. The fourth-order valence-electron chi connectivity index (χ4n) is 1.80. The van der Waals surface area contributed by atoms with Gasteiger partial charge >= 0.3 is 12.1 Å². The molecule has 2 rings (SSSR count). The number of nitrogens with zero attached hydrogens (tertiary/aromatic N) is 1. The van der Waals surface area contributed by atoms with E-state index in [0.29, 0.717) is 11.3 Å². The maximum Gasteiger partial charge on any atom is 0.440 e. The molecule has 0 heterocycles. The zero-order valence-corrected chi connectivity index (χ0v) is 12.7. The van der Waals surface area contributed by atoms with Crippen LogP contribution in [0.25, 0.3) is 0 Å². The highest BCUT2D eigenvalue weighted by Gasteiger charge is 2.42. The van der Waals surface area contributed by atoms with Crippen LogP contribution in [0.15, 0.2) is 59.6 Å². The number of aliphatic imine (C=N–C) groups is 1. The standard InChI is InChI=1S/C17H14F3NO3/c1-23-14-9-7-13(8-10-14)21-15(17(18,19)20)16(22)24-11-12-5-3-2-4-6-12/h2-10H,11H2,1H3. The number of halogens is 3. The number of hydrogen-bond acceptors (Lipinski definition) is 4. The number of benzene rings is 2. The van der Waals surface area contributed by atoms with E-state index in [2.05, 4.69) is 4.99 Å². The molecule has 0 aliphatic rings. The van der Waals surface area contributed by atoms with E-state index < -0.39 is 17.9 Å². The molecule has 4 nitrogen and oxygen atoms in total. The van der Waals surface area contributed by atoms with Crippen molar-refractivity contribution in [1.82, 2.24) is 0 Å². The molecule has 2 aromatic carbocycles. The number of methoxy groups -OCH3 is 1. The second-order valence-corrected chi connectivity index (χ2v) is 4.72. The van der Waals surface area contributed by atoms with Crippen molar-refractivity contribution in [2.24, 2.45) is 4.99 Å². The summed E-state index contributed by atoms with van der Waals surface area (Å²) in [6.07, 6.45) is -4.92. The van der Waals surface area contributed by atoms with Crippen LogP contribution in [-0.4, -0.2) is 25.0 Å². The molecule has 24 heavy (non-hydrogen) atoms. The van der Waals surface area contributed by atoms with E-state index in [9.17, 15) is 18.0 Å². The minimum atomic E-state index is -4.92. The normalized spacial score (nSPS) is 11.9. The third-order valence-electron chi connectivity index (χ3n) is 2.99. The van der Waals surface area contributed by atoms with Crippen molar-refractivity contribution in [1.29, 1.82) is 0 Å². The lowest BCUT2D eigenvalue weighted by atomic mass is 10.2. The molecule has 0 N–H and O–H groups in total. The Hall–Kier alpha value is -2.83. The summed E-state index contributed by atoms with van der Waals surface area (Å²) in [5.74, 6) is -1.06. The first-order chi connectivity index (χ1) is 11.4. The van der Waals surface area contributed by atoms with Gasteiger partial charge in [0, 0.05) is 0 Å². The van der Waals surface area contributed by atoms with Crippen molar-refractivity contribution in [3.8, 4) is 5.75 Å². The molecular weight excluding hydrogens is 323 g/mol. The highest BCUT2D eigenvalue weighted by Crippen LogP contribution is 2.24. The summed E-state index contributed by atoms with van der Waals surface area (Å²) < 4.78 is 48.8. The van der Waals surface area contributed by atoms with Crippen LogP contribution >= 0.6 is 0 Å². The highest BCUT2D eigenvalue weighted by atomic mass is 19.4. The molecule has 0 aromatic heterocycles. The molecule has 7 heteroatoms. The molecule has 0 saturated heterocycles. The molecule has 0 fully saturated rings. The van der Waals surface area contributed by atoms with Gasteiger partial charge in [0.15, 0.2) is 0 Å². The molecule has 2 aromatic rings. The summed E-state index contributed by atoms with van der Waals surface area (Å²) in [6.45, 7) is -0.266. The lowest BCUT2D eigenvalue weighted by molar-refractivity contribution is -0.141. The number of esters is 1. The van der Waals surface area contributed by atoms with Crippen LogP contribution in [0.5, 0.6) is 5.75 Å². The first-order valence-electron chi connectivity index (χ1n) is 6.91. The lowest BCUT2D eigenvalue weighted by Crippen LogP contribution is -2.32. The largest absolute Gasteiger partial charge is 0.497 e. The van der Waals surface area contributed by atoms with E-state index in [1.54, 1.807) is 30.3 Å². The lowest BCUT2D eigenvalue weighted by Gasteiger charge is -2.10. The topological polar surface area (TPSA) is 47.9 Å². The Balaban J connectivity index is 2.17. The quantitative estimate of drug-likeness (QED) is 0.610. The Kier molecular flexibility index (Phi) is 5.57. The predicted molar refractivity (Wildman–Crippen MR) is 82.4 cm³/mol. The summed E-state index contributed by atoms with van der Waals surface area (Å²) in [5.41, 5.74) is -1.06. The Morgan fingerprint density at radius 2 is 1.67 bits per heavy atom. The number of carbonyl (C=O) groups excluding carboxylic acids is 1. The van der Waals surface area contributed by atoms with Crippen LogP contribution in [0.1, 0.15) is 5.56 Å². The summed E-state index contributed by atoms with van der Waals surface area (Å²) in [7, 11) is 1.43. The zero-order valence-electron chi connectivity index (χ0n) is 12.7. The van der Waals surface area contributed by atoms with Crippen LogP contribution in [-0.2, 0) is 16.1 Å². The molecule has 0 aliphatic heterocycles. The van der Waals surface area contributed by atoms with E-state index in [-0.39, 0.29) is 12.3 Å². The van der Waals surface area contributed by atoms with Crippen molar-refractivity contribution in [3.05, 3.63) is 60.2 Å². The Bertz CT molecular complexity index is 710. The zero-order chi connectivity index (χ0) is 17.6. The van der Waals surface area contributed by atoms with Gasteiger partial charge in [0.25, 0.3) is 0 Å². The van der Waals surface area contributed by atoms with Crippen LogP contribution < -0.4 is 4.74 Å². The SMILES string of the molecule is COc1ccc(N=C(C(=O)OCc2ccccc2)C(F)(F)F)cc1. The van der Waals surface area contributed by atoms with Gasteiger partial charge in [0.1, 0.15) is 12.4 Å². The average molecular weight is 337 g/mol. The second-order valence-electron chi connectivity index (χ2n) is 4.72. The van der Waals surface area contributed by atoms with Crippen molar-refractivity contribution >= 4 is 17.4 Å². The van der Waals surface area contributed by atoms with E-state index in [1.807, 2.05) is 0 Å². The Morgan fingerprint density at radius 3 is 2.21 bits per heavy atom. The third-order valence-corrected chi connectivity index (χ3v) is 2.99. The number of ether oxygens (including phenoxy) is 2. The molecule has 0 spiro atoms. The predicted octanol–water partition coefficient (Wildman–Crippen LogP) is 4.07. The number of carbonyl (C=O) groups is 1. The van der Waals surface area contributed by atoms with Crippen LogP contribution in [0.3, 0.4) is 0 Å². The van der Waals surface area contributed by atoms with Crippen LogP contribution in [0, 0.1) is 0 Å². The van der Waals surface area contributed by atoms with E-state index in [0.717, 1.165) is 0 Å². The van der Waals surface area contributed by atoms with E-state index in [1.165, 1.54) is 31.4 Å². The summed E-state index contributed by atoms with van der Waals surface area (Å²) in [6, 6.07) is 13.9. The molecule has 0 saturated carbocycles. The van der Waals surface area contributed by atoms with Gasteiger partial charge in [-0.2, -0.15) is 13.2 Å². The van der Waals surface area contributed by atoms with Gasteiger partial charge in [-0.1, -0.05) is 30.3 Å². The summed E-state index contributed by atoms with van der Waals surface area (Å²) in [4.78, 5) is 15.2. The maximum atomic E-state index is 13.1. The van der Waals surface area contributed by atoms with Gasteiger partial charge < -0.3 is 9.47 Å². The van der Waals surface area contributed by atoms with Gasteiger partial charge in [0.05, 0.1) is 12.8 Å². The van der Waals surface area contributed by atoms with Crippen LogP contribution in [0.4, 0.5) is 18.9 Å². The molecule has 0 unspecified atom stereocenters. The van der Waals surface area contributed by atoms with E-state index >= 15 is 0 Å². The third kappa shape index (κ3) is 4.84. The second kappa shape index (κ2) is 7.63. The molecule has 0 amide bonds. The number of alkyl halides is 3. The van der Waals surface area contributed by atoms with Gasteiger partial charge in [-0.15, -0.1) is 0 Å². The van der Waals surface area contributed by atoms with E-state index in [4.69, 9.17) is 9.47 Å². The molecular formula is C17H14F3NO3. The average Bonchev–Trinajstić information content (AvgIpc) is 2.58. The molecule has 0 aliphatic carbocycles. The van der Waals surface area contributed by atoms with Gasteiger partial charge in [-0.05, 0) is 29.8 Å². The minimum absolute atomic E-state index is 0.0280. The maximum absolute atomic E-state index is 13.1. The van der Waals surface area contributed by atoms with Crippen molar-refractivity contribution in [3.63, 3.8) is 0 Å². The first kappa shape index (κ1) is 17.5. The Morgan fingerprint density at radius 1 is 1.04 bits per heavy atom. The summed E-state index contributed by atoms with van der Waals surface area (Å²) in [5, 5.41) is 0.